The van der Waals surface area contributed by atoms with Gasteiger partial charge >= 0.3 is 0 Å². The Hall–Kier alpha value is -3.21. The van der Waals surface area contributed by atoms with E-state index in [9.17, 15) is 15.2 Å². The molecule has 2 aromatic carbocycles. The quantitative estimate of drug-likeness (QED) is 0.584. The molecule has 0 aliphatic rings. The van der Waals surface area contributed by atoms with Crippen molar-refractivity contribution in [2.24, 2.45) is 0 Å². The Kier molecular flexibility index (Phi) is 3.53. The van der Waals surface area contributed by atoms with Crippen LogP contribution < -0.4 is 0 Å². The van der Waals surface area contributed by atoms with Gasteiger partial charge in [0.15, 0.2) is 0 Å². The number of benzene rings is 2. The second-order valence-corrected chi connectivity index (χ2v) is 4.76. The lowest BCUT2D eigenvalue weighted by Gasteiger charge is -2.00. The third-order valence-corrected chi connectivity index (χ3v) is 3.27. The molecule has 0 saturated heterocycles. The number of phenols is 1. The van der Waals surface area contributed by atoms with Crippen LogP contribution in [0.2, 0.25) is 0 Å². The molecule has 0 aliphatic carbocycles. The maximum Gasteiger partial charge on any atom is 0.278 e. The summed E-state index contributed by atoms with van der Waals surface area (Å²) in [6.07, 6.45) is 3.69. The standard InChI is InChI=1S/C17H12N2O3/c20-14-9-5-12(6-10-14)4-7-13-8-11-15-16(18-13)2-1-3-17(15)19(21)22/h1-11,20H/b7-4+. The van der Waals surface area contributed by atoms with E-state index in [1.54, 1.807) is 48.5 Å². The minimum atomic E-state index is -0.407. The zero-order chi connectivity index (χ0) is 15.5. The molecule has 0 bridgehead atoms. The molecule has 0 saturated carbocycles. The van der Waals surface area contributed by atoms with E-state index in [4.69, 9.17) is 0 Å². The molecule has 108 valence electrons. The Morgan fingerprint density at radius 2 is 1.77 bits per heavy atom. The van der Waals surface area contributed by atoms with Crippen molar-refractivity contribution < 1.29 is 10.0 Å². The summed E-state index contributed by atoms with van der Waals surface area (Å²) >= 11 is 0. The molecule has 22 heavy (non-hydrogen) atoms. The topological polar surface area (TPSA) is 76.3 Å². The lowest BCUT2D eigenvalue weighted by Crippen LogP contribution is -1.91. The molecule has 0 unspecified atom stereocenters. The number of pyridine rings is 1. The van der Waals surface area contributed by atoms with Gasteiger partial charge in [-0.2, -0.15) is 0 Å². The fourth-order valence-electron chi connectivity index (χ4n) is 2.17. The molecular formula is C17H12N2O3. The van der Waals surface area contributed by atoms with Crippen LogP contribution in [0.4, 0.5) is 5.69 Å². The van der Waals surface area contributed by atoms with Gasteiger partial charge in [-0.1, -0.05) is 24.3 Å². The molecule has 1 heterocycles. The number of non-ortho nitro benzene ring substituents is 1. The van der Waals surface area contributed by atoms with Crippen LogP contribution in [0, 0.1) is 10.1 Å². The average Bonchev–Trinajstić information content (AvgIpc) is 2.53. The largest absolute Gasteiger partial charge is 0.508 e. The van der Waals surface area contributed by atoms with Gasteiger partial charge in [-0.15, -0.1) is 0 Å². The van der Waals surface area contributed by atoms with Crippen molar-refractivity contribution in [1.29, 1.82) is 0 Å². The monoisotopic (exact) mass is 292 g/mol. The van der Waals surface area contributed by atoms with Crippen LogP contribution in [0.15, 0.2) is 54.6 Å². The van der Waals surface area contributed by atoms with E-state index >= 15 is 0 Å². The minimum Gasteiger partial charge on any atom is -0.508 e. The predicted octanol–water partition coefficient (Wildman–Crippen LogP) is 4.02. The van der Waals surface area contributed by atoms with Crippen LogP contribution in [0.3, 0.4) is 0 Å². The fourth-order valence-corrected chi connectivity index (χ4v) is 2.17. The number of aromatic hydroxyl groups is 1. The molecule has 3 rings (SSSR count). The Balaban J connectivity index is 1.95. The van der Waals surface area contributed by atoms with Gasteiger partial charge in [0.1, 0.15) is 5.75 Å². The highest BCUT2D eigenvalue weighted by Crippen LogP contribution is 2.24. The number of rotatable bonds is 3. The summed E-state index contributed by atoms with van der Waals surface area (Å²) in [5.41, 5.74) is 2.28. The first-order valence-electron chi connectivity index (χ1n) is 6.65. The summed E-state index contributed by atoms with van der Waals surface area (Å²) in [7, 11) is 0. The van der Waals surface area contributed by atoms with Crippen LogP contribution >= 0.6 is 0 Å². The number of phenolic OH excluding ortho intramolecular Hbond substituents is 1. The summed E-state index contributed by atoms with van der Waals surface area (Å²) in [4.78, 5) is 15.0. The van der Waals surface area contributed by atoms with Crippen molar-refractivity contribution in [3.05, 3.63) is 76.0 Å². The summed E-state index contributed by atoms with van der Waals surface area (Å²) < 4.78 is 0. The SMILES string of the molecule is O=[N+]([O-])c1cccc2nc(/C=C/c3ccc(O)cc3)ccc12. The van der Waals surface area contributed by atoms with E-state index < -0.39 is 4.92 Å². The number of nitrogens with zero attached hydrogens (tertiary/aromatic N) is 2. The van der Waals surface area contributed by atoms with Gasteiger partial charge in [0.05, 0.1) is 21.5 Å². The Morgan fingerprint density at radius 3 is 2.50 bits per heavy atom. The van der Waals surface area contributed by atoms with Crippen LogP contribution in [0.1, 0.15) is 11.3 Å². The van der Waals surface area contributed by atoms with Gasteiger partial charge in [0, 0.05) is 6.07 Å². The van der Waals surface area contributed by atoms with Crippen molar-refractivity contribution in [1.82, 2.24) is 4.98 Å². The first kappa shape index (κ1) is 13.8. The van der Waals surface area contributed by atoms with Crippen molar-refractivity contribution in [2.45, 2.75) is 0 Å². The van der Waals surface area contributed by atoms with Crippen LogP contribution in [-0.4, -0.2) is 15.0 Å². The molecule has 0 amide bonds. The highest BCUT2D eigenvalue weighted by Gasteiger charge is 2.11. The second-order valence-electron chi connectivity index (χ2n) is 4.76. The average molecular weight is 292 g/mol. The number of aromatic nitrogens is 1. The number of nitro benzene ring substituents is 1. The summed E-state index contributed by atoms with van der Waals surface area (Å²) in [5.74, 6) is 0.216. The molecule has 0 radical (unpaired) electrons. The van der Waals surface area contributed by atoms with Gasteiger partial charge < -0.3 is 5.11 Å². The number of hydrogen-bond acceptors (Lipinski definition) is 4. The van der Waals surface area contributed by atoms with Gasteiger partial charge in [-0.05, 0) is 42.0 Å². The molecule has 5 heteroatoms. The van der Waals surface area contributed by atoms with E-state index in [0.717, 1.165) is 5.56 Å². The van der Waals surface area contributed by atoms with Crippen molar-refractivity contribution >= 4 is 28.7 Å². The molecule has 0 spiro atoms. The van der Waals surface area contributed by atoms with Crippen molar-refractivity contribution in [3.8, 4) is 5.75 Å². The normalized spacial score (nSPS) is 11.1. The highest BCUT2D eigenvalue weighted by molar-refractivity contribution is 5.88. The van der Waals surface area contributed by atoms with E-state index in [1.807, 2.05) is 12.2 Å². The maximum absolute atomic E-state index is 11.0. The lowest BCUT2D eigenvalue weighted by atomic mass is 10.1. The van der Waals surface area contributed by atoms with E-state index in [0.29, 0.717) is 16.6 Å². The molecule has 5 nitrogen and oxygen atoms in total. The molecule has 1 aromatic heterocycles. The second kappa shape index (κ2) is 5.65. The summed E-state index contributed by atoms with van der Waals surface area (Å²) in [5, 5.41) is 20.7. The first-order valence-corrected chi connectivity index (χ1v) is 6.65. The van der Waals surface area contributed by atoms with Crippen LogP contribution in [0.5, 0.6) is 5.75 Å². The van der Waals surface area contributed by atoms with Crippen molar-refractivity contribution in [3.63, 3.8) is 0 Å². The molecule has 0 aliphatic heterocycles. The Labute approximate surface area is 126 Å². The van der Waals surface area contributed by atoms with Crippen LogP contribution in [-0.2, 0) is 0 Å². The lowest BCUT2D eigenvalue weighted by molar-refractivity contribution is -0.383. The predicted molar refractivity (Wildman–Crippen MR) is 85.4 cm³/mol. The minimum absolute atomic E-state index is 0.0547. The van der Waals surface area contributed by atoms with E-state index in [2.05, 4.69) is 4.98 Å². The molecular weight excluding hydrogens is 280 g/mol. The highest BCUT2D eigenvalue weighted by atomic mass is 16.6. The zero-order valence-corrected chi connectivity index (χ0v) is 11.5. The fraction of sp³-hybridized carbons (Fsp3) is 0. The smallest absolute Gasteiger partial charge is 0.278 e. The van der Waals surface area contributed by atoms with Gasteiger partial charge in [0.2, 0.25) is 0 Å². The Morgan fingerprint density at radius 1 is 1.00 bits per heavy atom. The number of nitro groups is 1. The van der Waals surface area contributed by atoms with E-state index in [1.165, 1.54) is 6.07 Å². The van der Waals surface area contributed by atoms with Crippen LogP contribution in [0.25, 0.3) is 23.1 Å². The first-order chi connectivity index (χ1) is 10.6. The molecule has 3 aromatic rings. The summed E-state index contributed by atoms with van der Waals surface area (Å²) in [6.45, 7) is 0. The molecule has 0 atom stereocenters. The number of hydrogen-bond donors (Lipinski definition) is 1. The van der Waals surface area contributed by atoms with Gasteiger partial charge in [0.25, 0.3) is 5.69 Å². The number of fused-ring (bicyclic) bond motifs is 1. The molecule has 0 fully saturated rings. The third-order valence-electron chi connectivity index (χ3n) is 3.27. The van der Waals surface area contributed by atoms with Crippen molar-refractivity contribution in [2.75, 3.05) is 0 Å². The van der Waals surface area contributed by atoms with Gasteiger partial charge in [-0.3, -0.25) is 10.1 Å². The third kappa shape index (κ3) is 2.78. The van der Waals surface area contributed by atoms with Gasteiger partial charge in [-0.25, -0.2) is 4.98 Å². The Bertz CT molecular complexity index is 871. The summed E-state index contributed by atoms with van der Waals surface area (Å²) in [6, 6.07) is 15.1. The van der Waals surface area contributed by atoms with E-state index in [-0.39, 0.29) is 11.4 Å². The molecule has 1 N–H and O–H groups in total. The maximum atomic E-state index is 11.0. The zero-order valence-electron chi connectivity index (χ0n) is 11.5.